The maximum absolute atomic E-state index is 6.91. The average Bonchev–Trinajstić information content (AvgIpc) is 3.08. The summed E-state index contributed by atoms with van der Waals surface area (Å²) >= 11 is 13.0. The summed E-state index contributed by atoms with van der Waals surface area (Å²) in [6, 6.07) is 8.57. The predicted octanol–water partition coefficient (Wildman–Crippen LogP) is 6.05. The maximum Gasteiger partial charge on any atom is 0.118 e. The molecule has 2 fully saturated rings. The third-order valence-electron chi connectivity index (χ3n) is 6.52. The summed E-state index contributed by atoms with van der Waals surface area (Å²) < 4.78 is 7.42. The highest BCUT2D eigenvalue weighted by molar-refractivity contribution is 6.19. The topological polar surface area (TPSA) is 12.5 Å². The molecule has 0 aromatic heterocycles. The molecule has 2 atom stereocenters. The molecule has 0 N–H and O–H groups in total. The lowest BCUT2D eigenvalue weighted by Gasteiger charge is -2.49. The average molecular weight is 384 g/mol. The molecule has 1 aromatic carbocycles. The Morgan fingerprint density at radius 3 is 2.44 bits per heavy atom. The first-order valence-corrected chi connectivity index (χ1v) is 10.7. The summed E-state index contributed by atoms with van der Waals surface area (Å²) in [5.74, 6) is 2.86. The van der Waals surface area contributed by atoms with Gasteiger partial charge in [-0.25, -0.2) is 4.42 Å². The lowest BCUT2D eigenvalue weighted by atomic mass is 9.68. The lowest BCUT2D eigenvalue weighted by molar-refractivity contribution is 0.0459. The predicted molar refractivity (Wildman–Crippen MR) is 107 cm³/mol. The highest BCUT2D eigenvalue weighted by Crippen LogP contribution is 2.52. The molecule has 2 aliphatic carbocycles. The van der Waals surface area contributed by atoms with Crippen molar-refractivity contribution in [3.63, 3.8) is 0 Å². The summed E-state index contributed by atoms with van der Waals surface area (Å²) in [6.07, 6.45) is 11.6. The van der Waals surface area contributed by atoms with E-state index in [9.17, 15) is 0 Å². The van der Waals surface area contributed by atoms with E-state index in [0.717, 1.165) is 18.7 Å². The molecule has 2 nitrogen and oxygen atoms in total. The first-order chi connectivity index (χ1) is 12.2. The Balaban J connectivity index is 1.83. The van der Waals surface area contributed by atoms with Crippen LogP contribution < -0.4 is 4.74 Å². The summed E-state index contributed by atoms with van der Waals surface area (Å²) in [6.45, 7) is 0.777. The molecular formula is C21H31Cl2NO. The number of halogens is 2. The Hall–Kier alpha value is -0.440. The van der Waals surface area contributed by atoms with Gasteiger partial charge in [-0.15, -0.1) is 11.6 Å². The maximum atomic E-state index is 6.91. The number of rotatable bonds is 7. The molecule has 0 aliphatic heterocycles. The Bertz CT molecular complexity index is 529. The van der Waals surface area contributed by atoms with Crippen LogP contribution in [0.4, 0.5) is 0 Å². The molecule has 0 bridgehead atoms. The molecule has 0 radical (unpaired) electrons. The number of alkyl halides is 1. The van der Waals surface area contributed by atoms with Gasteiger partial charge in [0.1, 0.15) is 5.75 Å². The standard InChI is InChI=1S/C21H31Cl2NO/c1-25-20-11-9-17(10-12-20)16-19-8-5-13-21(19,24(23)15-14-22)18-6-3-2-4-7-18/h9-12,18-19H,2-8,13-16H2,1H3/t19-,21?/m0/s1. The SMILES string of the molecule is COc1ccc(C[C@@H]2CCCC2(C2CCCCC2)N(Cl)CCCl)cc1. The molecule has 1 unspecified atom stereocenters. The zero-order chi connectivity index (χ0) is 17.7. The Kier molecular flexibility index (Phi) is 6.93. The van der Waals surface area contributed by atoms with Crippen molar-refractivity contribution in [3.8, 4) is 5.75 Å². The minimum atomic E-state index is 0.122. The highest BCUT2D eigenvalue weighted by atomic mass is 35.5. The second-order valence-electron chi connectivity index (χ2n) is 7.74. The zero-order valence-corrected chi connectivity index (χ0v) is 16.9. The van der Waals surface area contributed by atoms with Gasteiger partial charge in [-0.1, -0.05) is 37.8 Å². The first-order valence-electron chi connectivity index (χ1n) is 9.83. The van der Waals surface area contributed by atoms with Crippen LogP contribution >= 0.6 is 23.4 Å². The molecule has 3 rings (SSSR count). The van der Waals surface area contributed by atoms with E-state index in [0.29, 0.717) is 17.7 Å². The molecule has 0 saturated heterocycles. The van der Waals surface area contributed by atoms with E-state index in [1.807, 2.05) is 0 Å². The third-order valence-corrected chi connectivity index (χ3v) is 7.18. The van der Waals surface area contributed by atoms with Gasteiger partial charge in [0.25, 0.3) is 0 Å². The van der Waals surface area contributed by atoms with E-state index in [-0.39, 0.29) is 5.54 Å². The summed E-state index contributed by atoms with van der Waals surface area (Å²) in [5.41, 5.74) is 1.51. The fourth-order valence-electron chi connectivity index (χ4n) is 5.35. The molecule has 2 saturated carbocycles. The molecule has 0 heterocycles. The fourth-order valence-corrected chi connectivity index (χ4v) is 6.05. The number of methoxy groups -OCH3 is 1. The van der Waals surface area contributed by atoms with Crippen LogP contribution in [0, 0.1) is 11.8 Å². The van der Waals surface area contributed by atoms with Crippen LogP contribution in [0.25, 0.3) is 0 Å². The minimum absolute atomic E-state index is 0.122. The smallest absolute Gasteiger partial charge is 0.118 e. The van der Waals surface area contributed by atoms with E-state index in [4.69, 9.17) is 28.1 Å². The Morgan fingerprint density at radius 1 is 1.08 bits per heavy atom. The van der Waals surface area contributed by atoms with Crippen molar-refractivity contribution < 1.29 is 4.74 Å². The first kappa shape index (κ1) is 19.3. The van der Waals surface area contributed by atoms with E-state index < -0.39 is 0 Å². The largest absolute Gasteiger partial charge is 0.497 e. The van der Waals surface area contributed by atoms with Crippen LogP contribution in [0.3, 0.4) is 0 Å². The number of hydrogen-bond acceptors (Lipinski definition) is 2. The van der Waals surface area contributed by atoms with Gasteiger partial charge in [0, 0.05) is 18.0 Å². The molecule has 0 amide bonds. The highest BCUT2D eigenvalue weighted by Gasteiger charge is 2.51. The van der Waals surface area contributed by atoms with Crippen molar-refractivity contribution in [1.29, 1.82) is 0 Å². The number of hydrogen-bond donors (Lipinski definition) is 0. The van der Waals surface area contributed by atoms with Gasteiger partial charge in [0.15, 0.2) is 0 Å². The van der Waals surface area contributed by atoms with Crippen molar-refractivity contribution in [1.82, 2.24) is 4.42 Å². The summed E-state index contributed by atoms with van der Waals surface area (Å²) in [5, 5.41) is 0. The van der Waals surface area contributed by atoms with Crippen LogP contribution in [0.2, 0.25) is 0 Å². The van der Waals surface area contributed by atoms with Gasteiger partial charge in [0.2, 0.25) is 0 Å². The number of benzene rings is 1. The quantitative estimate of drug-likeness (QED) is 0.419. The van der Waals surface area contributed by atoms with Crippen LogP contribution in [-0.2, 0) is 6.42 Å². The van der Waals surface area contributed by atoms with E-state index in [1.54, 1.807) is 7.11 Å². The van der Waals surface area contributed by atoms with Gasteiger partial charge in [-0.05, 0) is 73.4 Å². The van der Waals surface area contributed by atoms with Crippen LogP contribution in [0.1, 0.15) is 56.9 Å². The van der Waals surface area contributed by atoms with Crippen molar-refractivity contribution in [2.75, 3.05) is 19.5 Å². The van der Waals surface area contributed by atoms with Gasteiger partial charge in [-0.2, -0.15) is 0 Å². The van der Waals surface area contributed by atoms with Gasteiger partial charge in [0.05, 0.1) is 7.11 Å². The second-order valence-corrected chi connectivity index (χ2v) is 8.53. The molecule has 1 aromatic rings. The fraction of sp³-hybridized carbons (Fsp3) is 0.714. The number of nitrogens with zero attached hydrogens (tertiary/aromatic N) is 1. The van der Waals surface area contributed by atoms with Crippen LogP contribution in [-0.4, -0.2) is 29.5 Å². The van der Waals surface area contributed by atoms with Crippen molar-refractivity contribution >= 4 is 23.4 Å². The van der Waals surface area contributed by atoms with E-state index in [2.05, 4.69) is 28.7 Å². The number of ether oxygens (including phenoxy) is 1. The lowest BCUT2D eigenvalue weighted by Crippen LogP contribution is -2.54. The molecular weight excluding hydrogens is 353 g/mol. The van der Waals surface area contributed by atoms with Crippen molar-refractivity contribution in [3.05, 3.63) is 29.8 Å². The molecule has 25 heavy (non-hydrogen) atoms. The molecule has 140 valence electrons. The zero-order valence-electron chi connectivity index (χ0n) is 15.4. The Morgan fingerprint density at radius 2 is 1.80 bits per heavy atom. The molecule has 0 spiro atoms. The molecule has 4 heteroatoms. The normalized spacial score (nSPS) is 27.8. The van der Waals surface area contributed by atoms with E-state index >= 15 is 0 Å². The molecule has 2 aliphatic rings. The van der Waals surface area contributed by atoms with Gasteiger partial charge < -0.3 is 4.74 Å². The third kappa shape index (κ3) is 4.12. The minimum Gasteiger partial charge on any atom is -0.497 e. The summed E-state index contributed by atoms with van der Waals surface area (Å²) in [4.78, 5) is 0. The van der Waals surface area contributed by atoms with Gasteiger partial charge in [-0.3, -0.25) is 0 Å². The van der Waals surface area contributed by atoms with Crippen LogP contribution in [0.15, 0.2) is 24.3 Å². The van der Waals surface area contributed by atoms with Crippen molar-refractivity contribution in [2.24, 2.45) is 11.8 Å². The van der Waals surface area contributed by atoms with Crippen molar-refractivity contribution in [2.45, 2.75) is 63.3 Å². The Labute approximate surface area is 162 Å². The summed E-state index contributed by atoms with van der Waals surface area (Å²) in [7, 11) is 1.72. The van der Waals surface area contributed by atoms with E-state index in [1.165, 1.54) is 56.9 Å². The second kappa shape index (κ2) is 8.97. The van der Waals surface area contributed by atoms with Gasteiger partial charge >= 0.3 is 0 Å². The monoisotopic (exact) mass is 383 g/mol. The van der Waals surface area contributed by atoms with Crippen LogP contribution in [0.5, 0.6) is 5.75 Å².